The Morgan fingerprint density at radius 2 is 1.55 bits per heavy atom. The normalized spacial score (nSPS) is 11.9. The van der Waals surface area contributed by atoms with E-state index in [9.17, 15) is 13.2 Å². The summed E-state index contributed by atoms with van der Waals surface area (Å²) in [6.07, 6.45) is 4.84. The van der Waals surface area contributed by atoms with Crippen LogP contribution in [0, 0.1) is 11.8 Å². The number of aliphatic carboxylic acids is 1. The fraction of sp³-hybridized carbons (Fsp3) is 0.375. The molecule has 2 rings (SSSR count). The van der Waals surface area contributed by atoms with Gasteiger partial charge in [-0.2, -0.15) is 13.1 Å². The van der Waals surface area contributed by atoms with Crippen LogP contribution in [0.1, 0.15) is 62.6 Å². The van der Waals surface area contributed by atoms with Crippen molar-refractivity contribution in [3.63, 3.8) is 0 Å². The first-order valence-electron chi connectivity index (χ1n) is 10.5. The summed E-state index contributed by atoms with van der Waals surface area (Å²) in [5.41, 5.74) is 3.38. The van der Waals surface area contributed by atoms with E-state index in [4.69, 9.17) is 5.11 Å². The predicted octanol–water partition coefficient (Wildman–Crippen LogP) is 4.32. The molecule has 166 valence electrons. The topological polar surface area (TPSA) is 95.5 Å². The Morgan fingerprint density at radius 3 is 2.06 bits per heavy atom. The summed E-state index contributed by atoms with van der Waals surface area (Å²) in [5, 5.41) is 8.85. The lowest BCUT2D eigenvalue weighted by Gasteiger charge is -2.16. The second-order valence-corrected chi connectivity index (χ2v) is 8.85. The Morgan fingerprint density at radius 1 is 0.968 bits per heavy atom. The molecule has 2 aromatic rings. The van der Waals surface area contributed by atoms with E-state index in [-0.39, 0.29) is 6.42 Å². The molecule has 0 aliphatic rings. The van der Waals surface area contributed by atoms with Gasteiger partial charge in [0.2, 0.25) is 0 Å². The second-order valence-electron chi connectivity index (χ2n) is 7.41. The maximum Gasteiger partial charge on any atom is 0.304 e. The van der Waals surface area contributed by atoms with Crippen LogP contribution in [0.2, 0.25) is 0 Å². The predicted molar refractivity (Wildman–Crippen MR) is 124 cm³/mol. The number of carboxylic acid groups (broad SMARTS) is 1. The largest absolute Gasteiger partial charge is 0.481 e. The van der Waals surface area contributed by atoms with Crippen LogP contribution in [0.5, 0.6) is 0 Å². The smallest absolute Gasteiger partial charge is 0.304 e. The number of hydrogen-bond acceptors (Lipinski definition) is 3. The minimum absolute atomic E-state index is 0.272. The molecular weight excluding hydrogens is 412 g/mol. The Balaban J connectivity index is 1.96. The van der Waals surface area contributed by atoms with Gasteiger partial charge in [-0.3, -0.25) is 9.52 Å². The standard InChI is InChI=1S/C24H30N2O4S/c1-3-5-6-7-19-8-10-20(11-9-19)12-13-21-14-16-23(17-15-21)26-31(29,30)25-22(4-2)18-24(27)28/h8-11,14-17,22,25-26H,3-7,18H2,1-2H3,(H,27,28)/t22-/m0/s1. The van der Waals surface area contributed by atoms with Gasteiger partial charge in [-0.1, -0.05) is 50.7 Å². The fourth-order valence-corrected chi connectivity index (χ4v) is 4.18. The number of hydrogen-bond donors (Lipinski definition) is 3. The Bertz CT molecular complexity index is 1000. The van der Waals surface area contributed by atoms with Crippen molar-refractivity contribution in [1.29, 1.82) is 0 Å². The van der Waals surface area contributed by atoms with Gasteiger partial charge in [0, 0.05) is 22.9 Å². The minimum Gasteiger partial charge on any atom is -0.481 e. The van der Waals surface area contributed by atoms with Gasteiger partial charge >= 0.3 is 5.97 Å². The molecule has 0 aliphatic heterocycles. The number of aryl methyl sites for hydroxylation is 1. The lowest BCUT2D eigenvalue weighted by Crippen LogP contribution is -2.39. The number of nitrogens with one attached hydrogen (secondary N) is 2. The molecule has 0 aliphatic carbocycles. The first-order chi connectivity index (χ1) is 14.8. The molecule has 0 saturated carbocycles. The summed E-state index contributed by atoms with van der Waals surface area (Å²) in [5.74, 6) is 5.14. The fourth-order valence-electron chi connectivity index (χ4n) is 2.98. The SMILES string of the molecule is CCCCCc1ccc(C#Cc2ccc(NS(=O)(=O)N[C@@H](CC)CC(=O)O)cc2)cc1. The van der Waals surface area contributed by atoms with E-state index in [1.807, 2.05) is 12.1 Å². The number of anilines is 1. The molecule has 2 aromatic carbocycles. The number of rotatable bonds is 11. The summed E-state index contributed by atoms with van der Waals surface area (Å²) in [6, 6.07) is 14.3. The van der Waals surface area contributed by atoms with E-state index in [0.29, 0.717) is 12.1 Å². The number of unbranched alkanes of at least 4 members (excludes halogenated alkanes) is 2. The van der Waals surface area contributed by atoms with Crippen molar-refractivity contribution in [2.75, 3.05) is 4.72 Å². The van der Waals surface area contributed by atoms with Crippen molar-refractivity contribution >= 4 is 21.9 Å². The maximum atomic E-state index is 12.2. The lowest BCUT2D eigenvalue weighted by molar-refractivity contribution is -0.137. The molecule has 0 heterocycles. The summed E-state index contributed by atoms with van der Waals surface area (Å²) < 4.78 is 29.2. The van der Waals surface area contributed by atoms with Crippen molar-refractivity contribution in [1.82, 2.24) is 4.72 Å². The van der Waals surface area contributed by atoms with Gasteiger partial charge in [-0.05, 0) is 61.2 Å². The first-order valence-corrected chi connectivity index (χ1v) is 12.0. The van der Waals surface area contributed by atoms with E-state index in [0.717, 1.165) is 17.5 Å². The zero-order valence-corrected chi connectivity index (χ0v) is 18.8. The van der Waals surface area contributed by atoms with Gasteiger partial charge in [-0.15, -0.1) is 0 Å². The van der Waals surface area contributed by atoms with E-state index < -0.39 is 22.2 Å². The highest BCUT2D eigenvalue weighted by Gasteiger charge is 2.18. The summed E-state index contributed by atoms with van der Waals surface area (Å²) >= 11 is 0. The second kappa shape index (κ2) is 12.1. The Labute approximate surface area is 185 Å². The highest BCUT2D eigenvalue weighted by atomic mass is 32.2. The average molecular weight is 443 g/mol. The number of carboxylic acids is 1. The lowest BCUT2D eigenvalue weighted by atomic mass is 10.1. The molecule has 1 atom stereocenters. The Kier molecular flexibility index (Phi) is 9.57. The van der Waals surface area contributed by atoms with Gasteiger partial charge in [0.15, 0.2) is 0 Å². The van der Waals surface area contributed by atoms with Crippen molar-refractivity contribution in [3.8, 4) is 11.8 Å². The molecule has 0 saturated heterocycles. The van der Waals surface area contributed by atoms with Crippen molar-refractivity contribution in [3.05, 3.63) is 65.2 Å². The molecule has 31 heavy (non-hydrogen) atoms. The van der Waals surface area contributed by atoms with Crippen molar-refractivity contribution < 1.29 is 18.3 Å². The molecule has 0 amide bonds. The third kappa shape index (κ3) is 9.24. The molecule has 0 bridgehead atoms. The molecule has 0 fully saturated rings. The van der Waals surface area contributed by atoms with Crippen LogP contribution in [0.4, 0.5) is 5.69 Å². The monoisotopic (exact) mass is 442 g/mol. The molecule has 7 heteroatoms. The summed E-state index contributed by atoms with van der Waals surface area (Å²) in [6.45, 7) is 3.92. The summed E-state index contributed by atoms with van der Waals surface area (Å²) in [7, 11) is -3.87. The number of benzene rings is 2. The number of carbonyl (C=O) groups is 1. The average Bonchev–Trinajstić information content (AvgIpc) is 2.73. The summed E-state index contributed by atoms with van der Waals surface area (Å²) in [4.78, 5) is 10.8. The van der Waals surface area contributed by atoms with Gasteiger partial charge in [0.25, 0.3) is 10.2 Å². The van der Waals surface area contributed by atoms with Gasteiger partial charge < -0.3 is 5.11 Å². The molecule has 0 spiro atoms. The molecule has 0 radical (unpaired) electrons. The van der Waals surface area contributed by atoms with E-state index in [1.165, 1.54) is 24.8 Å². The van der Waals surface area contributed by atoms with Crippen LogP contribution in [-0.4, -0.2) is 25.5 Å². The minimum atomic E-state index is -3.87. The molecule has 3 N–H and O–H groups in total. The van der Waals surface area contributed by atoms with E-state index >= 15 is 0 Å². The van der Waals surface area contributed by atoms with Crippen molar-refractivity contribution in [2.45, 2.75) is 58.4 Å². The Hall–Kier alpha value is -2.82. The quantitative estimate of drug-likeness (QED) is 0.357. The van der Waals surface area contributed by atoms with Crippen LogP contribution in [0.15, 0.2) is 48.5 Å². The molecule has 6 nitrogen and oxygen atoms in total. The van der Waals surface area contributed by atoms with Gasteiger partial charge in [0.05, 0.1) is 6.42 Å². The first kappa shape index (κ1) is 24.4. The van der Waals surface area contributed by atoms with E-state index in [2.05, 4.69) is 40.3 Å². The zero-order chi connectivity index (χ0) is 22.7. The highest BCUT2D eigenvalue weighted by molar-refractivity contribution is 7.90. The van der Waals surface area contributed by atoms with Crippen molar-refractivity contribution in [2.24, 2.45) is 0 Å². The van der Waals surface area contributed by atoms with Gasteiger partial charge in [-0.25, -0.2) is 0 Å². The van der Waals surface area contributed by atoms with Gasteiger partial charge in [0.1, 0.15) is 0 Å². The zero-order valence-electron chi connectivity index (χ0n) is 18.0. The third-order valence-corrected chi connectivity index (χ3v) is 5.89. The third-order valence-electron chi connectivity index (χ3n) is 4.75. The van der Waals surface area contributed by atoms with Crippen LogP contribution in [0.25, 0.3) is 0 Å². The van der Waals surface area contributed by atoms with Crippen LogP contribution in [-0.2, 0) is 21.4 Å². The molecular formula is C24H30N2O4S. The van der Waals surface area contributed by atoms with Crippen LogP contribution >= 0.6 is 0 Å². The molecule has 0 aromatic heterocycles. The molecule has 0 unspecified atom stereocenters. The van der Waals surface area contributed by atoms with Crippen LogP contribution in [0.3, 0.4) is 0 Å². The van der Waals surface area contributed by atoms with E-state index in [1.54, 1.807) is 31.2 Å². The highest BCUT2D eigenvalue weighted by Crippen LogP contribution is 2.12. The maximum absolute atomic E-state index is 12.2. The van der Waals surface area contributed by atoms with Crippen LogP contribution < -0.4 is 9.44 Å².